The number of rotatable bonds is 6. The summed E-state index contributed by atoms with van der Waals surface area (Å²) >= 11 is 0. The van der Waals surface area contributed by atoms with Gasteiger partial charge in [-0.05, 0) is 25.5 Å². The Morgan fingerprint density at radius 1 is 1.32 bits per heavy atom. The lowest BCUT2D eigenvalue weighted by atomic mass is 10.2. The summed E-state index contributed by atoms with van der Waals surface area (Å²) in [6.07, 6.45) is 3.13. The van der Waals surface area contributed by atoms with Crippen LogP contribution in [-0.2, 0) is 11.3 Å². The van der Waals surface area contributed by atoms with E-state index in [4.69, 9.17) is 4.42 Å². The van der Waals surface area contributed by atoms with Crippen LogP contribution in [0.4, 0.5) is 0 Å². The van der Waals surface area contributed by atoms with Crippen molar-refractivity contribution in [2.24, 2.45) is 4.99 Å². The number of guanidine groups is 1. The van der Waals surface area contributed by atoms with Gasteiger partial charge in [0.25, 0.3) is 0 Å². The zero-order valence-corrected chi connectivity index (χ0v) is 18.7. The summed E-state index contributed by atoms with van der Waals surface area (Å²) in [4.78, 5) is 22.9. The first-order valence-corrected chi connectivity index (χ1v) is 9.52. The lowest BCUT2D eigenvalue weighted by molar-refractivity contribution is -0.129. The first-order chi connectivity index (χ1) is 13.2. The van der Waals surface area contributed by atoms with E-state index in [1.165, 1.54) is 0 Å². The Morgan fingerprint density at radius 3 is 2.82 bits per heavy atom. The summed E-state index contributed by atoms with van der Waals surface area (Å²) in [5, 5.41) is 6.67. The Bertz CT molecular complexity index is 778. The first-order valence-electron chi connectivity index (χ1n) is 9.52. The number of aromatic nitrogens is 1. The van der Waals surface area contributed by atoms with E-state index in [2.05, 4.69) is 20.6 Å². The van der Waals surface area contributed by atoms with Gasteiger partial charge in [0, 0.05) is 37.7 Å². The maximum Gasteiger partial charge on any atom is 0.226 e. The lowest BCUT2D eigenvalue weighted by Crippen LogP contribution is -2.45. The molecule has 0 bridgehead atoms. The lowest BCUT2D eigenvalue weighted by Gasteiger charge is -2.18. The van der Waals surface area contributed by atoms with Gasteiger partial charge in [-0.1, -0.05) is 25.1 Å². The van der Waals surface area contributed by atoms with E-state index in [1.54, 1.807) is 6.26 Å². The third-order valence-electron chi connectivity index (χ3n) is 4.50. The molecule has 28 heavy (non-hydrogen) atoms. The van der Waals surface area contributed by atoms with Crippen molar-refractivity contribution in [3.63, 3.8) is 0 Å². The first kappa shape index (κ1) is 22.2. The van der Waals surface area contributed by atoms with Gasteiger partial charge < -0.3 is 20.0 Å². The van der Waals surface area contributed by atoms with E-state index >= 15 is 0 Å². The topological polar surface area (TPSA) is 82.8 Å². The van der Waals surface area contributed by atoms with Crippen LogP contribution in [0, 0.1) is 0 Å². The summed E-state index contributed by atoms with van der Waals surface area (Å²) in [5.74, 6) is 1.54. The molecule has 0 radical (unpaired) electrons. The molecule has 2 heterocycles. The van der Waals surface area contributed by atoms with Crippen LogP contribution in [0.2, 0.25) is 0 Å². The summed E-state index contributed by atoms with van der Waals surface area (Å²) in [7, 11) is 0. The highest BCUT2D eigenvalue weighted by Gasteiger charge is 2.25. The number of carbonyl (C=O) groups is 1. The van der Waals surface area contributed by atoms with Crippen LogP contribution in [0.3, 0.4) is 0 Å². The molecule has 2 aromatic rings. The van der Waals surface area contributed by atoms with E-state index in [0.717, 1.165) is 43.3 Å². The number of hydrogen-bond donors (Lipinski definition) is 2. The van der Waals surface area contributed by atoms with Crippen molar-refractivity contribution >= 4 is 35.8 Å². The number of oxazole rings is 1. The highest BCUT2D eigenvalue weighted by atomic mass is 127. The van der Waals surface area contributed by atoms with Gasteiger partial charge in [0.15, 0.2) is 5.96 Å². The number of carbonyl (C=O) groups excluding carboxylic acids is 1. The van der Waals surface area contributed by atoms with E-state index in [-0.39, 0.29) is 35.9 Å². The molecular weight excluding hydrogens is 469 g/mol. The van der Waals surface area contributed by atoms with Crippen LogP contribution in [0.5, 0.6) is 0 Å². The quantitative estimate of drug-likeness (QED) is 0.364. The molecule has 0 saturated carbocycles. The molecule has 2 N–H and O–H groups in total. The van der Waals surface area contributed by atoms with Crippen LogP contribution in [0.25, 0.3) is 11.5 Å². The fraction of sp³-hybridized carbons (Fsp3) is 0.450. The predicted molar refractivity (Wildman–Crippen MR) is 121 cm³/mol. The highest BCUT2D eigenvalue weighted by molar-refractivity contribution is 14.0. The SMILES string of the molecule is CCNC(=NCc1coc(-c2ccccc2)n1)NC1CCN(C(=O)CC)C1.I. The van der Waals surface area contributed by atoms with E-state index in [1.807, 2.05) is 49.1 Å². The number of aliphatic imine (C=N–C) groups is 1. The van der Waals surface area contributed by atoms with Gasteiger partial charge in [-0.25, -0.2) is 9.98 Å². The third-order valence-corrected chi connectivity index (χ3v) is 4.50. The zero-order chi connectivity index (χ0) is 19.1. The van der Waals surface area contributed by atoms with Crippen LogP contribution >= 0.6 is 24.0 Å². The second kappa shape index (κ2) is 11.0. The number of nitrogens with one attached hydrogen (secondary N) is 2. The Kier molecular flexibility index (Phi) is 8.75. The van der Waals surface area contributed by atoms with Gasteiger partial charge >= 0.3 is 0 Å². The van der Waals surface area contributed by atoms with Gasteiger partial charge in [0.1, 0.15) is 12.0 Å². The molecular formula is C20H28IN5O2. The molecule has 8 heteroatoms. The number of halogens is 1. The number of hydrogen-bond acceptors (Lipinski definition) is 4. The largest absolute Gasteiger partial charge is 0.444 e. The molecule has 1 aromatic heterocycles. The second-order valence-electron chi connectivity index (χ2n) is 6.53. The van der Waals surface area contributed by atoms with Crippen LogP contribution < -0.4 is 10.6 Å². The number of likely N-dealkylation sites (tertiary alicyclic amines) is 1. The summed E-state index contributed by atoms with van der Waals surface area (Å²) in [5.41, 5.74) is 1.73. The van der Waals surface area contributed by atoms with Crippen molar-refractivity contribution in [1.82, 2.24) is 20.5 Å². The Balaban J connectivity index is 0.00000280. The van der Waals surface area contributed by atoms with Gasteiger partial charge in [-0.15, -0.1) is 24.0 Å². The molecule has 1 saturated heterocycles. The number of nitrogens with zero attached hydrogens (tertiary/aromatic N) is 3. The van der Waals surface area contributed by atoms with Gasteiger partial charge in [-0.3, -0.25) is 4.79 Å². The van der Waals surface area contributed by atoms with Crippen molar-refractivity contribution in [3.05, 3.63) is 42.3 Å². The van der Waals surface area contributed by atoms with Crippen molar-refractivity contribution in [3.8, 4) is 11.5 Å². The highest BCUT2D eigenvalue weighted by Crippen LogP contribution is 2.18. The van der Waals surface area contributed by atoms with Gasteiger partial charge in [0.05, 0.1) is 6.54 Å². The normalized spacial score (nSPS) is 16.6. The van der Waals surface area contributed by atoms with E-state index < -0.39 is 0 Å². The Labute approximate surface area is 183 Å². The molecule has 3 rings (SSSR count). The summed E-state index contributed by atoms with van der Waals surface area (Å²) < 4.78 is 5.56. The molecule has 1 aliphatic rings. The van der Waals surface area contributed by atoms with Crippen LogP contribution in [0.15, 0.2) is 46.0 Å². The smallest absolute Gasteiger partial charge is 0.226 e. The average molecular weight is 497 g/mol. The van der Waals surface area contributed by atoms with Gasteiger partial charge in [-0.2, -0.15) is 0 Å². The van der Waals surface area contributed by atoms with Crippen molar-refractivity contribution in [2.45, 2.75) is 39.3 Å². The molecule has 1 aliphatic heterocycles. The molecule has 1 atom stereocenters. The molecule has 7 nitrogen and oxygen atoms in total. The molecule has 152 valence electrons. The molecule has 0 aliphatic carbocycles. The van der Waals surface area contributed by atoms with Crippen molar-refractivity contribution in [2.75, 3.05) is 19.6 Å². The minimum atomic E-state index is 0. The number of benzene rings is 1. The molecule has 1 amide bonds. The third kappa shape index (κ3) is 5.95. The van der Waals surface area contributed by atoms with E-state index in [9.17, 15) is 4.79 Å². The maximum atomic E-state index is 11.8. The predicted octanol–water partition coefficient (Wildman–Crippen LogP) is 3.03. The molecule has 1 fully saturated rings. The fourth-order valence-electron chi connectivity index (χ4n) is 3.09. The summed E-state index contributed by atoms with van der Waals surface area (Å²) in [6.45, 7) is 6.64. The van der Waals surface area contributed by atoms with Crippen LogP contribution in [0.1, 0.15) is 32.4 Å². The molecule has 1 unspecified atom stereocenters. The minimum absolute atomic E-state index is 0. The zero-order valence-electron chi connectivity index (χ0n) is 16.4. The molecule has 1 aromatic carbocycles. The second-order valence-corrected chi connectivity index (χ2v) is 6.53. The van der Waals surface area contributed by atoms with Crippen LogP contribution in [-0.4, -0.2) is 47.4 Å². The van der Waals surface area contributed by atoms with Gasteiger partial charge in [0.2, 0.25) is 11.8 Å². The Morgan fingerprint density at radius 2 is 2.11 bits per heavy atom. The summed E-state index contributed by atoms with van der Waals surface area (Å²) in [6, 6.07) is 10.0. The van der Waals surface area contributed by atoms with Crippen molar-refractivity contribution in [1.29, 1.82) is 0 Å². The monoisotopic (exact) mass is 497 g/mol. The average Bonchev–Trinajstić information content (AvgIpc) is 3.36. The fourth-order valence-corrected chi connectivity index (χ4v) is 3.09. The standard InChI is InChI=1S/C20H27N5O2.HI/c1-3-18(26)25-11-10-16(13-25)24-20(21-4-2)22-12-17-14-27-19(23-17)15-8-6-5-7-9-15;/h5-9,14,16H,3-4,10-13H2,1-2H3,(H2,21,22,24);1H. The number of amides is 1. The minimum Gasteiger partial charge on any atom is -0.444 e. The molecule has 0 spiro atoms. The Hall–Kier alpha value is -2.10. The van der Waals surface area contributed by atoms with E-state index in [0.29, 0.717) is 18.9 Å². The maximum absolute atomic E-state index is 11.8. The van der Waals surface area contributed by atoms with Crippen molar-refractivity contribution < 1.29 is 9.21 Å².